The van der Waals surface area contributed by atoms with E-state index in [1.807, 2.05) is 36.4 Å². The molecule has 1 fully saturated rings. The Morgan fingerprint density at radius 3 is 2.43 bits per heavy atom. The molecule has 4 aromatic rings. The molecule has 2 N–H and O–H groups in total. The van der Waals surface area contributed by atoms with Crippen LogP contribution >= 0.6 is 11.6 Å². The number of carbonyl (C=O) groups excluding carboxylic acids is 1. The minimum absolute atomic E-state index is 0.178. The standard InChI is InChI=1S/C28H23ClFN3O4/c1-17(20-6-2-4-8-22(20)29)37-27(36)32-25-23(30)16-31-33(25)24-9-5-3-7-21(24)18-10-12-19(13-11-18)28(14-15-28)26(34)35/h2-13,16-17H,14-15H2,1H3,(H,32,36)(H,34,35). The number of carboxylic acid groups (broad SMARTS) is 1. The first kappa shape index (κ1) is 24.5. The van der Waals surface area contributed by atoms with Crippen LogP contribution in [-0.2, 0) is 14.9 Å². The molecule has 1 aromatic heterocycles. The van der Waals surface area contributed by atoms with Crippen molar-refractivity contribution in [1.29, 1.82) is 0 Å². The lowest BCUT2D eigenvalue weighted by Crippen LogP contribution is -2.19. The summed E-state index contributed by atoms with van der Waals surface area (Å²) in [7, 11) is 0. The first-order chi connectivity index (χ1) is 17.8. The van der Waals surface area contributed by atoms with Crippen molar-refractivity contribution in [2.24, 2.45) is 0 Å². The van der Waals surface area contributed by atoms with Gasteiger partial charge in [0.1, 0.15) is 6.10 Å². The largest absolute Gasteiger partial charge is 0.481 e. The van der Waals surface area contributed by atoms with Crippen LogP contribution in [-0.4, -0.2) is 26.9 Å². The van der Waals surface area contributed by atoms with E-state index in [0.717, 1.165) is 22.9 Å². The van der Waals surface area contributed by atoms with E-state index in [1.165, 1.54) is 4.68 Å². The molecule has 1 aliphatic rings. The van der Waals surface area contributed by atoms with Crippen LogP contribution in [0.5, 0.6) is 0 Å². The van der Waals surface area contributed by atoms with Crippen molar-refractivity contribution in [2.45, 2.75) is 31.3 Å². The quantitative estimate of drug-likeness (QED) is 0.281. The van der Waals surface area contributed by atoms with Gasteiger partial charge in [-0.25, -0.2) is 13.9 Å². The van der Waals surface area contributed by atoms with Crippen LogP contribution < -0.4 is 5.32 Å². The van der Waals surface area contributed by atoms with Gasteiger partial charge < -0.3 is 9.84 Å². The number of nitrogens with zero attached hydrogens (tertiary/aromatic N) is 2. The van der Waals surface area contributed by atoms with Crippen molar-refractivity contribution in [3.63, 3.8) is 0 Å². The van der Waals surface area contributed by atoms with E-state index in [-0.39, 0.29) is 5.82 Å². The molecule has 37 heavy (non-hydrogen) atoms. The van der Waals surface area contributed by atoms with Crippen molar-refractivity contribution in [1.82, 2.24) is 9.78 Å². The monoisotopic (exact) mass is 519 g/mol. The second-order valence-electron chi connectivity index (χ2n) is 8.93. The third kappa shape index (κ3) is 4.68. The van der Waals surface area contributed by atoms with Crippen LogP contribution in [0.1, 0.15) is 37.0 Å². The molecule has 7 nitrogen and oxygen atoms in total. The van der Waals surface area contributed by atoms with Crippen molar-refractivity contribution in [2.75, 3.05) is 5.32 Å². The number of para-hydroxylation sites is 1. The maximum Gasteiger partial charge on any atom is 0.413 e. The van der Waals surface area contributed by atoms with Crippen LogP contribution in [0.3, 0.4) is 0 Å². The van der Waals surface area contributed by atoms with Crippen molar-refractivity contribution < 1.29 is 23.8 Å². The molecule has 1 atom stereocenters. The summed E-state index contributed by atoms with van der Waals surface area (Å²) in [5, 5.41) is 16.6. The van der Waals surface area contributed by atoms with E-state index in [9.17, 15) is 19.1 Å². The van der Waals surface area contributed by atoms with Crippen LogP contribution in [0.15, 0.2) is 79.0 Å². The zero-order valence-corrected chi connectivity index (χ0v) is 20.6. The van der Waals surface area contributed by atoms with E-state index < -0.39 is 29.4 Å². The molecule has 9 heteroatoms. The number of aromatic nitrogens is 2. The lowest BCUT2D eigenvalue weighted by molar-refractivity contribution is -0.140. The van der Waals surface area contributed by atoms with Crippen LogP contribution in [0, 0.1) is 5.82 Å². The predicted octanol–water partition coefficient (Wildman–Crippen LogP) is 6.76. The molecule has 0 bridgehead atoms. The number of carboxylic acids is 1. The van der Waals surface area contributed by atoms with Gasteiger partial charge in [-0.2, -0.15) is 5.10 Å². The normalized spacial score (nSPS) is 14.6. The number of halogens is 2. The average Bonchev–Trinajstić information content (AvgIpc) is 3.64. The highest BCUT2D eigenvalue weighted by Crippen LogP contribution is 2.48. The molecule has 0 saturated heterocycles. The number of rotatable bonds is 7. The number of benzene rings is 3. The Labute approximate surface area is 217 Å². The number of carbonyl (C=O) groups is 2. The zero-order chi connectivity index (χ0) is 26.2. The molecule has 3 aromatic carbocycles. The summed E-state index contributed by atoms with van der Waals surface area (Å²) in [6.45, 7) is 1.67. The zero-order valence-electron chi connectivity index (χ0n) is 19.8. The number of hydrogen-bond acceptors (Lipinski definition) is 4. The Balaban J connectivity index is 1.41. The highest BCUT2D eigenvalue weighted by atomic mass is 35.5. The fraction of sp³-hybridized carbons (Fsp3) is 0.179. The molecular formula is C28H23ClFN3O4. The summed E-state index contributed by atoms with van der Waals surface area (Å²) in [6, 6.07) is 21.5. The van der Waals surface area contributed by atoms with Crippen molar-refractivity contribution in [3.05, 3.63) is 101 Å². The van der Waals surface area contributed by atoms with Crippen LogP contribution in [0.2, 0.25) is 5.02 Å². The molecule has 1 amide bonds. The molecule has 188 valence electrons. The summed E-state index contributed by atoms with van der Waals surface area (Å²) in [6.07, 6.45) is 0.713. The summed E-state index contributed by atoms with van der Waals surface area (Å²) < 4.78 is 21.5. The first-order valence-electron chi connectivity index (χ1n) is 11.7. The van der Waals surface area contributed by atoms with Gasteiger partial charge >= 0.3 is 12.1 Å². The molecule has 1 saturated carbocycles. The second-order valence-corrected chi connectivity index (χ2v) is 9.34. The van der Waals surface area contributed by atoms with Crippen molar-refractivity contribution in [3.8, 4) is 16.8 Å². The van der Waals surface area contributed by atoms with Gasteiger partial charge in [0, 0.05) is 16.1 Å². The minimum atomic E-state index is -0.863. The van der Waals surface area contributed by atoms with Gasteiger partial charge in [-0.1, -0.05) is 72.3 Å². The van der Waals surface area contributed by atoms with Gasteiger partial charge in [-0.3, -0.25) is 10.1 Å². The lowest BCUT2D eigenvalue weighted by Gasteiger charge is -2.17. The molecule has 1 heterocycles. The molecular weight excluding hydrogens is 497 g/mol. The lowest BCUT2D eigenvalue weighted by atomic mass is 9.93. The summed E-state index contributed by atoms with van der Waals surface area (Å²) >= 11 is 6.19. The Hall–Kier alpha value is -4.17. The number of ether oxygens (including phenoxy) is 1. The second kappa shape index (κ2) is 9.71. The Morgan fingerprint density at radius 2 is 1.76 bits per heavy atom. The number of aliphatic carboxylic acids is 1. The number of amides is 1. The number of hydrogen-bond donors (Lipinski definition) is 2. The minimum Gasteiger partial charge on any atom is -0.481 e. The van der Waals surface area contributed by atoms with E-state index in [1.54, 1.807) is 43.3 Å². The Morgan fingerprint density at radius 1 is 1.08 bits per heavy atom. The fourth-order valence-corrected chi connectivity index (χ4v) is 4.69. The molecule has 0 radical (unpaired) electrons. The molecule has 0 aliphatic heterocycles. The molecule has 1 unspecified atom stereocenters. The third-order valence-corrected chi connectivity index (χ3v) is 6.96. The number of nitrogens with one attached hydrogen (secondary N) is 1. The maximum absolute atomic E-state index is 14.8. The van der Waals surface area contributed by atoms with Gasteiger partial charge in [0.15, 0.2) is 11.6 Å². The topological polar surface area (TPSA) is 93.5 Å². The summed E-state index contributed by atoms with van der Waals surface area (Å²) in [5.74, 6) is -1.73. The maximum atomic E-state index is 14.8. The smallest absolute Gasteiger partial charge is 0.413 e. The third-order valence-electron chi connectivity index (χ3n) is 6.61. The Kier molecular flexibility index (Phi) is 6.43. The Bertz CT molecular complexity index is 1480. The van der Waals surface area contributed by atoms with Gasteiger partial charge in [-0.05, 0) is 43.0 Å². The summed E-state index contributed by atoms with van der Waals surface area (Å²) in [5.41, 5.74) is 2.60. The van der Waals surface area contributed by atoms with E-state index in [2.05, 4.69) is 10.4 Å². The van der Waals surface area contributed by atoms with Gasteiger partial charge in [0.25, 0.3) is 0 Å². The SMILES string of the molecule is CC(OC(=O)Nc1c(F)cnn1-c1ccccc1-c1ccc(C2(C(=O)O)CC2)cc1)c1ccccc1Cl. The van der Waals surface area contributed by atoms with E-state index >= 15 is 0 Å². The van der Waals surface area contributed by atoms with E-state index in [0.29, 0.717) is 29.1 Å². The van der Waals surface area contributed by atoms with Gasteiger partial charge in [0.2, 0.25) is 0 Å². The van der Waals surface area contributed by atoms with Crippen LogP contribution in [0.25, 0.3) is 16.8 Å². The van der Waals surface area contributed by atoms with Crippen molar-refractivity contribution >= 4 is 29.5 Å². The van der Waals surface area contributed by atoms with Gasteiger partial charge in [0.05, 0.1) is 17.3 Å². The molecule has 0 spiro atoms. The number of anilines is 1. The predicted molar refractivity (Wildman–Crippen MR) is 137 cm³/mol. The molecule has 1 aliphatic carbocycles. The highest BCUT2D eigenvalue weighted by molar-refractivity contribution is 6.31. The fourth-order valence-electron chi connectivity index (χ4n) is 4.40. The average molecular weight is 520 g/mol. The summed E-state index contributed by atoms with van der Waals surface area (Å²) in [4.78, 5) is 24.3. The van der Waals surface area contributed by atoms with Crippen LogP contribution in [0.4, 0.5) is 15.0 Å². The van der Waals surface area contributed by atoms with Gasteiger partial charge in [-0.15, -0.1) is 0 Å². The highest BCUT2D eigenvalue weighted by Gasteiger charge is 2.51. The van der Waals surface area contributed by atoms with E-state index in [4.69, 9.17) is 16.3 Å². The first-order valence-corrected chi connectivity index (χ1v) is 12.1. The molecule has 5 rings (SSSR count).